The van der Waals surface area contributed by atoms with Crippen molar-refractivity contribution in [3.63, 3.8) is 0 Å². The van der Waals surface area contributed by atoms with E-state index < -0.39 is 17.8 Å². The lowest BCUT2D eigenvalue weighted by atomic mass is 10.2. The van der Waals surface area contributed by atoms with Crippen molar-refractivity contribution in [1.82, 2.24) is 15.1 Å². The number of rotatable bonds is 4. The van der Waals surface area contributed by atoms with E-state index in [0.717, 1.165) is 18.6 Å². The van der Waals surface area contributed by atoms with Crippen LogP contribution in [0.1, 0.15) is 37.3 Å². The molecule has 1 atom stereocenters. The van der Waals surface area contributed by atoms with Gasteiger partial charge >= 0.3 is 6.18 Å². The number of aromatic nitrogens is 3. The van der Waals surface area contributed by atoms with E-state index in [9.17, 15) is 18.3 Å². The van der Waals surface area contributed by atoms with E-state index in [2.05, 4.69) is 15.1 Å². The summed E-state index contributed by atoms with van der Waals surface area (Å²) in [7, 11) is 0. The van der Waals surface area contributed by atoms with Crippen LogP contribution in [0.25, 0.3) is 11.6 Å². The number of nitrogens with zero attached hydrogens (tertiary/aromatic N) is 3. The minimum atomic E-state index is -4.44. The van der Waals surface area contributed by atoms with Gasteiger partial charge in [0.25, 0.3) is 5.89 Å². The van der Waals surface area contributed by atoms with Crippen molar-refractivity contribution in [3.05, 3.63) is 29.7 Å². The number of aliphatic hydroxyl groups is 1. The number of alkyl halides is 3. The van der Waals surface area contributed by atoms with Crippen molar-refractivity contribution in [3.8, 4) is 11.6 Å². The van der Waals surface area contributed by atoms with Crippen molar-refractivity contribution in [2.24, 2.45) is 0 Å². The second-order valence-corrected chi connectivity index (χ2v) is 4.19. The van der Waals surface area contributed by atoms with Crippen molar-refractivity contribution in [2.45, 2.75) is 32.0 Å². The second kappa shape index (κ2) is 5.58. The van der Waals surface area contributed by atoms with E-state index in [1.54, 1.807) is 0 Å². The molecule has 2 aromatic heterocycles. The topological polar surface area (TPSA) is 72.0 Å². The Morgan fingerprint density at radius 2 is 2.10 bits per heavy atom. The molecule has 2 rings (SSSR count). The first kappa shape index (κ1) is 14.4. The van der Waals surface area contributed by atoms with E-state index in [4.69, 9.17) is 4.52 Å². The minimum Gasteiger partial charge on any atom is -0.385 e. The summed E-state index contributed by atoms with van der Waals surface area (Å²) in [6, 6.07) is 2.03. The van der Waals surface area contributed by atoms with Crippen LogP contribution < -0.4 is 0 Å². The maximum Gasteiger partial charge on any atom is 0.417 e. The molecule has 0 fully saturated rings. The zero-order valence-corrected chi connectivity index (χ0v) is 10.6. The van der Waals surface area contributed by atoms with Gasteiger partial charge in [-0.25, -0.2) is 0 Å². The molecule has 108 valence electrons. The van der Waals surface area contributed by atoms with Crippen LogP contribution in [0.5, 0.6) is 0 Å². The zero-order valence-electron chi connectivity index (χ0n) is 10.6. The molecule has 1 N–H and O–H groups in total. The molecule has 0 radical (unpaired) electrons. The normalized spacial score (nSPS) is 13.4. The van der Waals surface area contributed by atoms with Crippen molar-refractivity contribution in [1.29, 1.82) is 0 Å². The molecule has 2 aromatic rings. The van der Waals surface area contributed by atoms with E-state index in [0.29, 0.717) is 12.6 Å². The Labute approximate surface area is 112 Å². The quantitative estimate of drug-likeness (QED) is 0.935. The largest absolute Gasteiger partial charge is 0.417 e. The molecule has 8 heteroatoms. The maximum absolute atomic E-state index is 12.4. The van der Waals surface area contributed by atoms with Gasteiger partial charge in [0, 0.05) is 6.20 Å². The summed E-state index contributed by atoms with van der Waals surface area (Å²) in [4.78, 5) is 7.56. The van der Waals surface area contributed by atoms with Crippen LogP contribution in [0.2, 0.25) is 0 Å². The van der Waals surface area contributed by atoms with Crippen molar-refractivity contribution < 1.29 is 22.8 Å². The molecule has 0 aromatic carbocycles. The van der Waals surface area contributed by atoms with E-state index >= 15 is 0 Å². The van der Waals surface area contributed by atoms with Crippen molar-refractivity contribution in [2.75, 3.05) is 0 Å². The van der Waals surface area contributed by atoms with Crippen LogP contribution in [-0.2, 0) is 6.18 Å². The molecule has 2 heterocycles. The molecule has 20 heavy (non-hydrogen) atoms. The fraction of sp³-hybridized carbons (Fsp3) is 0.417. The standard InChI is InChI=1S/C12H12F3N3O2/c1-2-3-9(19)10-17-11(20-18-10)8-5-4-7(6-16-8)12(13,14)15/h4-6,9,19H,2-3H2,1H3. The van der Waals surface area contributed by atoms with Crippen LogP contribution in [0.3, 0.4) is 0 Å². The Hall–Kier alpha value is -1.96. The molecule has 0 aliphatic heterocycles. The Kier molecular flexibility index (Phi) is 4.03. The highest BCUT2D eigenvalue weighted by molar-refractivity contribution is 5.46. The van der Waals surface area contributed by atoms with Crippen LogP contribution >= 0.6 is 0 Å². The first-order valence-electron chi connectivity index (χ1n) is 5.97. The van der Waals surface area contributed by atoms with Crippen LogP contribution in [0.4, 0.5) is 13.2 Å². The van der Waals surface area contributed by atoms with Gasteiger partial charge in [0.2, 0.25) is 5.82 Å². The summed E-state index contributed by atoms with van der Waals surface area (Å²) in [5, 5.41) is 13.3. The predicted octanol–water partition coefficient (Wildman–Crippen LogP) is 2.98. The highest BCUT2D eigenvalue weighted by atomic mass is 19.4. The molecule has 1 unspecified atom stereocenters. The molecule has 0 aliphatic carbocycles. The molecule has 0 saturated carbocycles. The van der Waals surface area contributed by atoms with Gasteiger partial charge < -0.3 is 9.63 Å². The third-order valence-corrected chi connectivity index (χ3v) is 2.61. The Bertz CT molecular complexity index is 566. The molecule has 5 nitrogen and oxygen atoms in total. The Morgan fingerprint density at radius 3 is 2.65 bits per heavy atom. The molecule has 0 bridgehead atoms. The van der Waals surface area contributed by atoms with Gasteiger partial charge in [-0.2, -0.15) is 18.2 Å². The molecule has 0 amide bonds. The fourth-order valence-corrected chi connectivity index (χ4v) is 1.56. The van der Waals surface area contributed by atoms with Crippen LogP contribution in [-0.4, -0.2) is 20.2 Å². The van der Waals surface area contributed by atoms with Gasteiger partial charge in [-0.15, -0.1) is 0 Å². The molecule has 0 aliphatic rings. The zero-order chi connectivity index (χ0) is 14.8. The molecular weight excluding hydrogens is 275 g/mol. The predicted molar refractivity (Wildman–Crippen MR) is 62.4 cm³/mol. The molecular formula is C12H12F3N3O2. The summed E-state index contributed by atoms with van der Waals surface area (Å²) in [6.45, 7) is 1.89. The smallest absolute Gasteiger partial charge is 0.385 e. The number of hydrogen-bond acceptors (Lipinski definition) is 5. The van der Waals surface area contributed by atoms with Gasteiger partial charge in [0.15, 0.2) is 0 Å². The third kappa shape index (κ3) is 3.13. The van der Waals surface area contributed by atoms with Gasteiger partial charge in [-0.05, 0) is 18.6 Å². The van der Waals surface area contributed by atoms with Gasteiger partial charge in [0.05, 0.1) is 5.56 Å². The highest BCUT2D eigenvalue weighted by Gasteiger charge is 2.31. The summed E-state index contributed by atoms with van der Waals surface area (Å²) in [5.41, 5.74) is -0.729. The third-order valence-electron chi connectivity index (χ3n) is 2.61. The monoisotopic (exact) mass is 287 g/mol. The van der Waals surface area contributed by atoms with E-state index in [1.165, 1.54) is 0 Å². The average Bonchev–Trinajstić information content (AvgIpc) is 2.88. The lowest BCUT2D eigenvalue weighted by Crippen LogP contribution is -2.05. The highest BCUT2D eigenvalue weighted by Crippen LogP contribution is 2.29. The van der Waals surface area contributed by atoms with Crippen LogP contribution in [0.15, 0.2) is 22.9 Å². The number of halogens is 3. The van der Waals surface area contributed by atoms with Crippen LogP contribution in [0, 0.1) is 0 Å². The lowest BCUT2D eigenvalue weighted by molar-refractivity contribution is -0.137. The second-order valence-electron chi connectivity index (χ2n) is 4.19. The fourth-order valence-electron chi connectivity index (χ4n) is 1.56. The van der Waals surface area contributed by atoms with E-state index in [-0.39, 0.29) is 17.4 Å². The first-order valence-corrected chi connectivity index (χ1v) is 5.97. The van der Waals surface area contributed by atoms with Crippen molar-refractivity contribution >= 4 is 0 Å². The maximum atomic E-state index is 12.4. The lowest BCUT2D eigenvalue weighted by Gasteiger charge is -2.05. The summed E-state index contributed by atoms with van der Waals surface area (Å²) >= 11 is 0. The minimum absolute atomic E-state index is 0.0242. The summed E-state index contributed by atoms with van der Waals surface area (Å²) in [5.74, 6) is 0.0763. The van der Waals surface area contributed by atoms with Gasteiger partial charge in [-0.1, -0.05) is 18.5 Å². The van der Waals surface area contributed by atoms with Gasteiger partial charge in [-0.3, -0.25) is 4.98 Å². The summed E-state index contributed by atoms with van der Waals surface area (Å²) in [6.07, 6.45) is -3.39. The van der Waals surface area contributed by atoms with E-state index in [1.807, 2.05) is 6.92 Å². The molecule has 0 spiro atoms. The Balaban J connectivity index is 2.20. The average molecular weight is 287 g/mol. The molecule has 0 saturated heterocycles. The Morgan fingerprint density at radius 1 is 1.35 bits per heavy atom. The number of aliphatic hydroxyl groups excluding tert-OH is 1. The SMILES string of the molecule is CCCC(O)c1noc(-c2ccc(C(F)(F)F)cn2)n1. The summed E-state index contributed by atoms with van der Waals surface area (Å²) < 4.78 is 42.1. The first-order chi connectivity index (χ1) is 9.41. The van der Waals surface area contributed by atoms with Gasteiger partial charge in [0.1, 0.15) is 11.8 Å². The number of pyridine rings is 1. The number of hydrogen-bond donors (Lipinski definition) is 1.